The van der Waals surface area contributed by atoms with E-state index in [2.05, 4.69) is 9.88 Å². The molecule has 1 aromatic carbocycles. The van der Waals surface area contributed by atoms with Crippen molar-refractivity contribution in [3.63, 3.8) is 0 Å². The Bertz CT molecular complexity index is 838. The summed E-state index contributed by atoms with van der Waals surface area (Å²) in [5.74, 6) is -1.47. The van der Waals surface area contributed by atoms with Crippen molar-refractivity contribution in [3.05, 3.63) is 53.7 Å². The Kier molecular flexibility index (Phi) is 5.52. The van der Waals surface area contributed by atoms with Crippen LogP contribution in [0.25, 0.3) is 0 Å². The van der Waals surface area contributed by atoms with Crippen molar-refractivity contribution < 1.29 is 18.3 Å². The molecular formula is C21H23F2N3O2. The topological polar surface area (TPSA) is 45.7 Å². The van der Waals surface area contributed by atoms with Crippen LogP contribution in [-0.2, 0) is 0 Å². The molecule has 0 radical (unpaired) electrons. The standard InChI is InChI=1S/C21H23F2N3O2/c22-16-6-7-19(18(23)12-16)28-20-8-5-15(13-24-20)21(27)26-11-3-4-17(26)14-25-9-1-2-10-25/h5-8,12-13,17H,1-4,9-11,14H2. The molecule has 3 heterocycles. The summed E-state index contributed by atoms with van der Waals surface area (Å²) in [7, 11) is 0. The maximum atomic E-state index is 13.7. The summed E-state index contributed by atoms with van der Waals surface area (Å²) < 4.78 is 32.0. The van der Waals surface area contributed by atoms with Gasteiger partial charge in [-0.15, -0.1) is 0 Å². The molecule has 4 rings (SSSR count). The molecule has 2 aliphatic heterocycles. The fraction of sp³-hybridized carbons (Fsp3) is 0.429. The van der Waals surface area contributed by atoms with Crippen LogP contribution in [0, 0.1) is 11.6 Å². The van der Waals surface area contributed by atoms with E-state index in [0.717, 1.165) is 51.2 Å². The lowest BCUT2D eigenvalue weighted by molar-refractivity contribution is 0.0708. The molecule has 0 spiro atoms. The van der Waals surface area contributed by atoms with Crippen LogP contribution in [-0.4, -0.2) is 52.9 Å². The van der Waals surface area contributed by atoms with E-state index >= 15 is 0 Å². The van der Waals surface area contributed by atoms with Gasteiger partial charge < -0.3 is 14.5 Å². The van der Waals surface area contributed by atoms with Crippen molar-refractivity contribution in [3.8, 4) is 11.6 Å². The van der Waals surface area contributed by atoms with E-state index in [1.165, 1.54) is 31.2 Å². The molecule has 1 unspecified atom stereocenters. The Morgan fingerprint density at radius 3 is 2.64 bits per heavy atom. The first-order valence-electron chi connectivity index (χ1n) is 9.72. The lowest BCUT2D eigenvalue weighted by Crippen LogP contribution is -2.42. The predicted molar refractivity (Wildman–Crippen MR) is 100 cm³/mol. The summed E-state index contributed by atoms with van der Waals surface area (Å²) in [6.07, 6.45) is 5.97. The predicted octanol–water partition coefficient (Wildman–Crippen LogP) is 3.85. The molecule has 7 heteroatoms. The van der Waals surface area contributed by atoms with Crippen LogP contribution in [0.2, 0.25) is 0 Å². The van der Waals surface area contributed by atoms with Crippen molar-refractivity contribution in [2.45, 2.75) is 31.7 Å². The second-order valence-electron chi connectivity index (χ2n) is 7.36. The second-order valence-corrected chi connectivity index (χ2v) is 7.36. The van der Waals surface area contributed by atoms with Gasteiger partial charge in [0, 0.05) is 37.5 Å². The van der Waals surface area contributed by atoms with Crippen molar-refractivity contribution >= 4 is 5.91 Å². The SMILES string of the molecule is O=C(c1ccc(Oc2ccc(F)cc2F)nc1)N1CCCC1CN1CCCC1. The van der Waals surface area contributed by atoms with Gasteiger partial charge in [0.15, 0.2) is 11.6 Å². The molecule has 5 nitrogen and oxygen atoms in total. The van der Waals surface area contributed by atoms with E-state index in [0.29, 0.717) is 5.56 Å². The van der Waals surface area contributed by atoms with Gasteiger partial charge in [-0.2, -0.15) is 0 Å². The van der Waals surface area contributed by atoms with Gasteiger partial charge in [0.05, 0.1) is 5.56 Å². The lowest BCUT2D eigenvalue weighted by atomic mass is 10.2. The number of likely N-dealkylation sites (tertiary alicyclic amines) is 2. The molecule has 2 aromatic rings. The van der Waals surface area contributed by atoms with Crippen LogP contribution in [0.15, 0.2) is 36.5 Å². The number of amides is 1. The van der Waals surface area contributed by atoms with Crippen LogP contribution in [0.1, 0.15) is 36.0 Å². The fourth-order valence-corrected chi connectivity index (χ4v) is 3.96. The van der Waals surface area contributed by atoms with Crippen molar-refractivity contribution in [1.29, 1.82) is 0 Å². The molecule has 0 N–H and O–H groups in total. The summed E-state index contributed by atoms with van der Waals surface area (Å²) >= 11 is 0. The monoisotopic (exact) mass is 387 g/mol. The third-order valence-electron chi connectivity index (χ3n) is 5.40. The Hall–Kier alpha value is -2.54. The maximum Gasteiger partial charge on any atom is 0.255 e. The van der Waals surface area contributed by atoms with Gasteiger partial charge in [-0.05, 0) is 57.0 Å². The average Bonchev–Trinajstić information content (AvgIpc) is 3.37. The summed E-state index contributed by atoms with van der Waals surface area (Å²) in [6.45, 7) is 3.93. The molecule has 28 heavy (non-hydrogen) atoms. The summed E-state index contributed by atoms with van der Waals surface area (Å²) in [5, 5.41) is 0. The molecule has 148 valence electrons. The molecular weight excluding hydrogens is 364 g/mol. The molecule has 1 amide bonds. The number of halogens is 2. The molecule has 0 bridgehead atoms. The number of carbonyl (C=O) groups is 1. The minimum atomic E-state index is -0.802. The van der Waals surface area contributed by atoms with Crippen molar-refractivity contribution in [2.24, 2.45) is 0 Å². The third-order valence-corrected chi connectivity index (χ3v) is 5.40. The minimum absolute atomic E-state index is 0.0336. The van der Waals surface area contributed by atoms with Crippen LogP contribution < -0.4 is 4.74 Å². The van der Waals surface area contributed by atoms with Crippen LogP contribution >= 0.6 is 0 Å². The van der Waals surface area contributed by atoms with E-state index in [1.54, 1.807) is 6.07 Å². The minimum Gasteiger partial charge on any atom is -0.436 e. The number of nitrogens with zero attached hydrogens (tertiary/aromatic N) is 3. The quantitative estimate of drug-likeness (QED) is 0.782. The van der Waals surface area contributed by atoms with Crippen molar-refractivity contribution in [1.82, 2.24) is 14.8 Å². The van der Waals surface area contributed by atoms with Gasteiger partial charge in [0.1, 0.15) is 5.82 Å². The molecule has 2 saturated heterocycles. The summed E-state index contributed by atoms with van der Waals surface area (Å²) in [4.78, 5) is 21.4. The van der Waals surface area contributed by atoms with Crippen LogP contribution in [0.3, 0.4) is 0 Å². The van der Waals surface area contributed by atoms with Gasteiger partial charge in [-0.25, -0.2) is 13.8 Å². The number of rotatable bonds is 5. The Morgan fingerprint density at radius 2 is 1.93 bits per heavy atom. The molecule has 2 aliphatic rings. The largest absolute Gasteiger partial charge is 0.436 e. The summed E-state index contributed by atoms with van der Waals surface area (Å²) in [6, 6.07) is 6.48. The number of benzene rings is 1. The molecule has 1 aromatic heterocycles. The zero-order valence-corrected chi connectivity index (χ0v) is 15.6. The normalized spacial score (nSPS) is 19.9. The molecule has 0 saturated carbocycles. The van der Waals surface area contributed by atoms with Gasteiger partial charge in [-0.3, -0.25) is 4.79 Å². The van der Waals surface area contributed by atoms with E-state index < -0.39 is 11.6 Å². The van der Waals surface area contributed by atoms with Crippen molar-refractivity contribution in [2.75, 3.05) is 26.2 Å². The van der Waals surface area contributed by atoms with Gasteiger partial charge in [0.2, 0.25) is 5.88 Å². The highest BCUT2D eigenvalue weighted by Crippen LogP contribution is 2.25. The van der Waals surface area contributed by atoms with E-state index in [9.17, 15) is 13.6 Å². The number of carbonyl (C=O) groups excluding carboxylic acids is 1. The zero-order valence-electron chi connectivity index (χ0n) is 15.6. The maximum absolute atomic E-state index is 13.7. The average molecular weight is 387 g/mol. The van der Waals surface area contributed by atoms with E-state index in [-0.39, 0.29) is 23.6 Å². The van der Waals surface area contributed by atoms with Crippen LogP contribution in [0.5, 0.6) is 11.6 Å². The number of hydrogen-bond acceptors (Lipinski definition) is 4. The fourth-order valence-electron chi connectivity index (χ4n) is 3.96. The van der Waals surface area contributed by atoms with Gasteiger partial charge in [-0.1, -0.05) is 0 Å². The van der Waals surface area contributed by atoms with Gasteiger partial charge in [0.25, 0.3) is 5.91 Å². The first kappa shape index (κ1) is 18.8. The first-order chi connectivity index (χ1) is 13.6. The summed E-state index contributed by atoms with van der Waals surface area (Å²) in [5.41, 5.74) is 0.486. The molecule has 1 atom stereocenters. The highest BCUT2D eigenvalue weighted by Gasteiger charge is 2.31. The number of hydrogen-bond donors (Lipinski definition) is 0. The number of aromatic nitrogens is 1. The Balaban J connectivity index is 1.41. The number of pyridine rings is 1. The second kappa shape index (κ2) is 8.22. The Morgan fingerprint density at radius 1 is 1.11 bits per heavy atom. The van der Waals surface area contributed by atoms with E-state index in [1.807, 2.05) is 4.90 Å². The third kappa shape index (κ3) is 4.14. The van der Waals surface area contributed by atoms with E-state index in [4.69, 9.17) is 4.74 Å². The first-order valence-corrected chi connectivity index (χ1v) is 9.72. The Labute approximate surface area is 162 Å². The highest BCUT2D eigenvalue weighted by atomic mass is 19.1. The number of ether oxygens (including phenoxy) is 1. The highest BCUT2D eigenvalue weighted by molar-refractivity contribution is 5.94. The van der Waals surface area contributed by atoms with Crippen LogP contribution in [0.4, 0.5) is 8.78 Å². The molecule has 0 aliphatic carbocycles. The smallest absolute Gasteiger partial charge is 0.255 e. The molecule has 2 fully saturated rings. The lowest BCUT2D eigenvalue weighted by Gasteiger charge is -2.28. The zero-order chi connectivity index (χ0) is 19.5. The van der Waals surface area contributed by atoms with Gasteiger partial charge >= 0.3 is 0 Å².